The van der Waals surface area contributed by atoms with Crippen molar-refractivity contribution in [3.63, 3.8) is 0 Å². The predicted octanol–water partition coefficient (Wildman–Crippen LogP) is 4.06. The van der Waals surface area contributed by atoms with E-state index in [1.165, 1.54) is 30.5 Å². The number of alkyl halides is 3. The molecule has 0 spiro atoms. The molecule has 0 unspecified atom stereocenters. The van der Waals surface area contributed by atoms with Gasteiger partial charge in [-0.3, -0.25) is 4.79 Å². The van der Waals surface area contributed by atoms with Gasteiger partial charge in [-0.2, -0.15) is 18.4 Å². The maximum absolute atomic E-state index is 13.2. The Morgan fingerprint density at radius 2 is 1.62 bits per heavy atom. The minimum absolute atomic E-state index is 0.201. The number of amides is 1. The maximum atomic E-state index is 13.2. The first-order valence-electron chi connectivity index (χ1n) is 9.17. The number of sulfonamides is 1. The summed E-state index contributed by atoms with van der Waals surface area (Å²) < 4.78 is 66.3. The average molecular weight is 459 g/mol. The Hall–Kier alpha value is -3.84. The normalized spacial score (nSPS) is 11.4. The molecule has 32 heavy (non-hydrogen) atoms. The van der Waals surface area contributed by atoms with Gasteiger partial charge in [0.25, 0.3) is 15.9 Å². The summed E-state index contributed by atoms with van der Waals surface area (Å²) in [5, 5.41) is 11.2. The smallest absolute Gasteiger partial charge is 0.348 e. The standard InChI is InChI=1S/C22H16F3N3O3S/c23-22(24,25)19-9-5-4-8-18(19)21(29)27-13-15-10-11-17(16-6-2-1-3-7-16)20(12-15)32(30,31)28-14-26/h1-12,28H,13H2,(H,27,29). The van der Waals surface area contributed by atoms with Gasteiger partial charge < -0.3 is 5.32 Å². The fraction of sp³-hybridized carbons (Fsp3) is 0.0909. The summed E-state index contributed by atoms with van der Waals surface area (Å²) in [6, 6.07) is 17.3. The zero-order valence-electron chi connectivity index (χ0n) is 16.3. The first-order valence-corrected chi connectivity index (χ1v) is 10.7. The number of carbonyl (C=O) groups is 1. The van der Waals surface area contributed by atoms with E-state index in [0.29, 0.717) is 16.7 Å². The monoisotopic (exact) mass is 459 g/mol. The van der Waals surface area contributed by atoms with E-state index in [-0.39, 0.29) is 11.4 Å². The topological polar surface area (TPSA) is 99.1 Å². The lowest BCUT2D eigenvalue weighted by Gasteiger charge is -2.14. The Balaban J connectivity index is 1.92. The average Bonchev–Trinajstić information content (AvgIpc) is 2.77. The summed E-state index contributed by atoms with van der Waals surface area (Å²) in [5.74, 6) is -0.954. The van der Waals surface area contributed by atoms with Crippen molar-refractivity contribution in [1.82, 2.24) is 10.0 Å². The van der Waals surface area contributed by atoms with Gasteiger partial charge in [-0.15, -0.1) is 0 Å². The number of rotatable bonds is 6. The number of hydrogen-bond acceptors (Lipinski definition) is 4. The second-order valence-electron chi connectivity index (χ2n) is 6.64. The highest BCUT2D eigenvalue weighted by atomic mass is 32.2. The molecule has 0 saturated heterocycles. The van der Waals surface area contributed by atoms with Crippen LogP contribution in [0.4, 0.5) is 13.2 Å². The molecule has 164 valence electrons. The second kappa shape index (κ2) is 9.11. The van der Waals surface area contributed by atoms with Gasteiger partial charge in [0.2, 0.25) is 0 Å². The van der Waals surface area contributed by atoms with Crippen LogP contribution >= 0.6 is 0 Å². The number of hydrogen-bond donors (Lipinski definition) is 2. The van der Waals surface area contributed by atoms with Gasteiger partial charge in [0.15, 0.2) is 6.19 Å². The highest BCUT2D eigenvalue weighted by Crippen LogP contribution is 2.32. The Morgan fingerprint density at radius 1 is 0.969 bits per heavy atom. The lowest BCUT2D eigenvalue weighted by molar-refractivity contribution is -0.137. The molecule has 3 aromatic rings. The van der Waals surface area contributed by atoms with E-state index in [4.69, 9.17) is 5.26 Å². The fourth-order valence-electron chi connectivity index (χ4n) is 3.08. The molecule has 0 atom stereocenters. The summed E-state index contributed by atoms with van der Waals surface area (Å²) in [6.45, 7) is -0.227. The van der Waals surface area contributed by atoms with Gasteiger partial charge >= 0.3 is 6.18 Å². The molecule has 3 aromatic carbocycles. The van der Waals surface area contributed by atoms with Crippen LogP contribution in [0.2, 0.25) is 0 Å². The van der Waals surface area contributed by atoms with Crippen molar-refractivity contribution >= 4 is 15.9 Å². The highest BCUT2D eigenvalue weighted by Gasteiger charge is 2.34. The van der Waals surface area contributed by atoms with E-state index in [0.717, 1.165) is 12.1 Å². The molecule has 6 nitrogen and oxygen atoms in total. The molecular formula is C22H16F3N3O3S. The van der Waals surface area contributed by atoms with Crippen LogP contribution in [0.1, 0.15) is 21.5 Å². The third-order valence-electron chi connectivity index (χ3n) is 4.53. The third-order valence-corrected chi connectivity index (χ3v) is 5.81. The lowest BCUT2D eigenvalue weighted by Crippen LogP contribution is -2.26. The van der Waals surface area contributed by atoms with Gasteiger partial charge in [0.05, 0.1) is 16.0 Å². The molecule has 0 saturated carbocycles. The van der Waals surface area contributed by atoms with Gasteiger partial charge in [-0.1, -0.05) is 54.6 Å². The Bertz CT molecular complexity index is 1290. The number of carbonyl (C=O) groups excluding carboxylic acids is 1. The molecule has 0 aliphatic heterocycles. The zero-order valence-corrected chi connectivity index (χ0v) is 17.2. The van der Waals surface area contributed by atoms with Crippen molar-refractivity contribution in [3.8, 4) is 17.3 Å². The van der Waals surface area contributed by atoms with Gasteiger partial charge in [0.1, 0.15) is 0 Å². The van der Waals surface area contributed by atoms with E-state index >= 15 is 0 Å². The minimum Gasteiger partial charge on any atom is -0.348 e. The van der Waals surface area contributed by atoms with Crippen molar-refractivity contribution in [2.24, 2.45) is 0 Å². The molecule has 0 aromatic heterocycles. The number of halogens is 3. The molecule has 3 rings (SSSR count). The predicted molar refractivity (Wildman–Crippen MR) is 110 cm³/mol. The lowest BCUT2D eigenvalue weighted by atomic mass is 10.0. The van der Waals surface area contributed by atoms with E-state index in [1.807, 2.05) is 0 Å². The molecule has 0 heterocycles. The van der Waals surface area contributed by atoms with Crippen LogP contribution in [0.5, 0.6) is 0 Å². The molecule has 0 radical (unpaired) electrons. The minimum atomic E-state index is -4.70. The van der Waals surface area contributed by atoms with Gasteiger partial charge in [-0.05, 0) is 29.3 Å². The van der Waals surface area contributed by atoms with Crippen LogP contribution in [0, 0.1) is 11.5 Å². The molecule has 0 aliphatic rings. The molecule has 0 aliphatic carbocycles. The van der Waals surface area contributed by atoms with Crippen LogP contribution in [0.25, 0.3) is 11.1 Å². The summed E-state index contributed by atoms with van der Waals surface area (Å²) in [6.07, 6.45) is -3.32. The molecule has 0 fully saturated rings. The molecule has 2 N–H and O–H groups in total. The molecule has 0 bridgehead atoms. The van der Waals surface area contributed by atoms with E-state index in [9.17, 15) is 26.4 Å². The number of benzene rings is 3. The first-order chi connectivity index (χ1) is 15.1. The molecular weight excluding hydrogens is 443 g/mol. The summed E-state index contributed by atoms with van der Waals surface area (Å²) in [7, 11) is -4.20. The first kappa shape index (κ1) is 22.8. The summed E-state index contributed by atoms with van der Waals surface area (Å²) >= 11 is 0. The molecule has 10 heteroatoms. The second-order valence-corrected chi connectivity index (χ2v) is 8.29. The van der Waals surface area contributed by atoms with Crippen LogP contribution in [-0.4, -0.2) is 14.3 Å². The van der Waals surface area contributed by atoms with E-state index in [1.54, 1.807) is 41.1 Å². The summed E-state index contributed by atoms with van der Waals surface area (Å²) in [5.41, 5.74) is -0.384. The zero-order chi connectivity index (χ0) is 23.4. The van der Waals surface area contributed by atoms with E-state index < -0.39 is 33.2 Å². The van der Waals surface area contributed by atoms with Gasteiger partial charge in [0, 0.05) is 12.1 Å². The number of nitrogens with zero attached hydrogens (tertiary/aromatic N) is 1. The number of nitrogens with one attached hydrogen (secondary N) is 2. The maximum Gasteiger partial charge on any atom is 0.417 e. The largest absolute Gasteiger partial charge is 0.417 e. The van der Waals surface area contributed by atoms with E-state index in [2.05, 4.69) is 5.32 Å². The van der Waals surface area contributed by atoms with Crippen molar-refractivity contribution in [2.75, 3.05) is 0 Å². The van der Waals surface area contributed by atoms with Gasteiger partial charge in [-0.25, -0.2) is 13.1 Å². The Morgan fingerprint density at radius 3 is 2.28 bits per heavy atom. The summed E-state index contributed by atoms with van der Waals surface area (Å²) in [4.78, 5) is 12.2. The molecule has 1 amide bonds. The SMILES string of the molecule is N#CNS(=O)(=O)c1cc(CNC(=O)c2ccccc2C(F)(F)F)ccc1-c1ccccc1. The van der Waals surface area contributed by atoms with Crippen molar-refractivity contribution < 1.29 is 26.4 Å². The Kier molecular flexibility index (Phi) is 6.50. The van der Waals surface area contributed by atoms with Crippen molar-refractivity contribution in [3.05, 3.63) is 89.5 Å². The van der Waals surface area contributed by atoms with Crippen molar-refractivity contribution in [1.29, 1.82) is 5.26 Å². The Labute approximate surface area is 182 Å². The third kappa shape index (κ3) is 5.07. The van der Waals surface area contributed by atoms with Crippen LogP contribution in [0.3, 0.4) is 0 Å². The van der Waals surface area contributed by atoms with Crippen molar-refractivity contribution in [2.45, 2.75) is 17.6 Å². The quantitative estimate of drug-likeness (QED) is 0.429. The van der Waals surface area contributed by atoms with Crippen LogP contribution < -0.4 is 10.0 Å². The fourth-order valence-corrected chi connectivity index (χ4v) is 4.09. The number of nitriles is 1. The van der Waals surface area contributed by atoms with Crippen LogP contribution in [0.15, 0.2) is 77.7 Å². The highest BCUT2D eigenvalue weighted by molar-refractivity contribution is 7.89. The van der Waals surface area contributed by atoms with Crippen LogP contribution in [-0.2, 0) is 22.7 Å².